The van der Waals surface area contributed by atoms with Crippen molar-refractivity contribution in [2.45, 2.75) is 50.3 Å². The van der Waals surface area contributed by atoms with Crippen molar-refractivity contribution in [3.63, 3.8) is 0 Å². The van der Waals surface area contributed by atoms with E-state index in [4.69, 9.17) is 0 Å². The van der Waals surface area contributed by atoms with Crippen molar-refractivity contribution >= 4 is 21.6 Å². The Labute approximate surface area is 178 Å². The molecule has 0 spiro atoms. The summed E-state index contributed by atoms with van der Waals surface area (Å²) in [6.07, 6.45) is 8.60. The zero-order chi connectivity index (χ0) is 21.1. The number of sulfonamides is 1. The van der Waals surface area contributed by atoms with Gasteiger partial charge in [0.15, 0.2) is 0 Å². The van der Waals surface area contributed by atoms with E-state index < -0.39 is 10.0 Å². The third-order valence-electron chi connectivity index (χ3n) is 5.92. The van der Waals surface area contributed by atoms with Crippen molar-refractivity contribution in [3.05, 3.63) is 70.8 Å². The molecule has 1 aliphatic heterocycles. The molecule has 158 valence electrons. The predicted molar refractivity (Wildman–Crippen MR) is 119 cm³/mol. The fourth-order valence-corrected chi connectivity index (χ4v) is 5.67. The van der Waals surface area contributed by atoms with Gasteiger partial charge in [-0.3, -0.25) is 9.10 Å². The Bertz CT molecular complexity index is 1070. The first-order chi connectivity index (χ1) is 14.4. The van der Waals surface area contributed by atoms with E-state index in [1.54, 1.807) is 36.4 Å². The largest absolute Gasteiger partial charge is 0.352 e. The molecule has 4 rings (SSSR count). The summed E-state index contributed by atoms with van der Waals surface area (Å²) in [5, 5.41) is 3.00. The molecule has 1 amide bonds. The maximum absolute atomic E-state index is 13.1. The lowest BCUT2D eigenvalue weighted by Gasteiger charge is -2.20. The quantitative estimate of drug-likeness (QED) is 0.701. The second-order valence-electron chi connectivity index (χ2n) is 8.10. The summed E-state index contributed by atoms with van der Waals surface area (Å²) in [6.45, 7) is 2.96. The fraction of sp³-hybridized carbons (Fsp3) is 0.375. The molecule has 0 fully saturated rings. The molecule has 0 saturated heterocycles. The van der Waals surface area contributed by atoms with Crippen LogP contribution in [-0.2, 0) is 16.4 Å². The number of anilines is 1. The van der Waals surface area contributed by atoms with Crippen LogP contribution in [0.15, 0.2) is 59.0 Å². The second kappa shape index (κ2) is 8.64. The Balaban J connectivity index is 1.44. The van der Waals surface area contributed by atoms with Crippen LogP contribution in [0.5, 0.6) is 0 Å². The van der Waals surface area contributed by atoms with Crippen molar-refractivity contribution in [2.24, 2.45) is 0 Å². The number of nitrogens with one attached hydrogen (secondary N) is 1. The molecule has 0 saturated carbocycles. The summed E-state index contributed by atoms with van der Waals surface area (Å²) in [4.78, 5) is 12.8. The molecule has 0 aromatic heterocycles. The molecule has 0 bridgehead atoms. The molecule has 1 aliphatic carbocycles. The average molecular weight is 425 g/mol. The van der Waals surface area contributed by atoms with Gasteiger partial charge in [0.25, 0.3) is 15.9 Å². The molecule has 6 heteroatoms. The molecule has 2 aliphatic rings. The number of fused-ring (bicyclic) bond motifs is 1. The third kappa shape index (κ3) is 4.29. The van der Waals surface area contributed by atoms with E-state index in [2.05, 4.69) is 11.4 Å². The highest BCUT2D eigenvalue weighted by Gasteiger charge is 2.31. The van der Waals surface area contributed by atoms with E-state index in [1.807, 2.05) is 13.0 Å². The van der Waals surface area contributed by atoms with Gasteiger partial charge in [-0.05, 0) is 81.3 Å². The highest BCUT2D eigenvalue weighted by atomic mass is 32.2. The van der Waals surface area contributed by atoms with Crippen LogP contribution in [0.4, 0.5) is 5.69 Å². The average Bonchev–Trinajstić information content (AvgIpc) is 3.19. The number of aryl methyl sites for hydroxylation is 1. The topological polar surface area (TPSA) is 66.5 Å². The first-order valence-electron chi connectivity index (χ1n) is 10.6. The lowest BCUT2D eigenvalue weighted by molar-refractivity contribution is 0.0954. The van der Waals surface area contributed by atoms with Crippen LogP contribution in [0.25, 0.3) is 0 Å². The lowest BCUT2D eigenvalue weighted by Crippen LogP contribution is -2.29. The standard InChI is InChI=1S/C24H28N2O3S/c1-18-7-10-22(11-8-18)30(28,29)26-16-14-20-17-21(9-12-23(20)26)24(27)25-15-13-19-5-3-2-4-6-19/h5,7-12,17H,2-4,6,13-16H2,1H3,(H,25,27). The first-order valence-corrected chi connectivity index (χ1v) is 12.1. The molecule has 2 aromatic rings. The number of benzene rings is 2. The summed E-state index contributed by atoms with van der Waals surface area (Å²) in [7, 11) is -3.60. The van der Waals surface area contributed by atoms with Gasteiger partial charge in [-0.1, -0.05) is 29.3 Å². The molecule has 5 nitrogen and oxygen atoms in total. The van der Waals surface area contributed by atoms with Crippen molar-refractivity contribution in [1.82, 2.24) is 5.32 Å². The number of hydrogen-bond acceptors (Lipinski definition) is 3. The molecule has 30 heavy (non-hydrogen) atoms. The summed E-state index contributed by atoms with van der Waals surface area (Å²) in [6, 6.07) is 12.2. The van der Waals surface area contributed by atoms with Crippen molar-refractivity contribution in [2.75, 3.05) is 17.4 Å². The minimum Gasteiger partial charge on any atom is -0.352 e. The van der Waals surface area contributed by atoms with Crippen LogP contribution in [0.1, 0.15) is 53.6 Å². The Kier molecular flexibility index (Phi) is 5.95. The predicted octanol–water partition coefficient (Wildman–Crippen LogP) is 4.37. The van der Waals surface area contributed by atoms with Gasteiger partial charge in [-0.25, -0.2) is 8.42 Å². The lowest BCUT2D eigenvalue weighted by atomic mass is 9.97. The molecule has 0 atom stereocenters. The van der Waals surface area contributed by atoms with Gasteiger partial charge < -0.3 is 5.32 Å². The van der Waals surface area contributed by atoms with Gasteiger partial charge >= 0.3 is 0 Å². The van der Waals surface area contributed by atoms with Crippen LogP contribution in [0, 0.1) is 6.92 Å². The van der Waals surface area contributed by atoms with Crippen LogP contribution in [0.3, 0.4) is 0 Å². The normalized spacial score (nSPS) is 16.2. The zero-order valence-electron chi connectivity index (χ0n) is 17.4. The summed E-state index contributed by atoms with van der Waals surface area (Å²) >= 11 is 0. The van der Waals surface area contributed by atoms with Crippen molar-refractivity contribution < 1.29 is 13.2 Å². The number of nitrogens with zero attached hydrogens (tertiary/aromatic N) is 1. The Hall–Kier alpha value is -2.60. The van der Waals surface area contributed by atoms with Crippen LogP contribution in [-0.4, -0.2) is 27.4 Å². The molecule has 2 aromatic carbocycles. The highest BCUT2D eigenvalue weighted by Crippen LogP contribution is 2.33. The molecule has 0 unspecified atom stereocenters. The van der Waals surface area contributed by atoms with Gasteiger partial charge in [0.05, 0.1) is 10.6 Å². The fourth-order valence-electron chi connectivity index (χ4n) is 4.17. The molecular formula is C24H28N2O3S. The molecule has 0 radical (unpaired) electrons. The summed E-state index contributed by atoms with van der Waals surface area (Å²) in [5.41, 5.74) is 4.60. The summed E-state index contributed by atoms with van der Waals surface area (Å²) in [5.74, 6) is -0.103. The minimum atomic E-state index is -3.60. The van der Waals surface area contributed by atoms with E-state index in [-0.39, 0.29) is 5.91 Å². The van der Waals surface area contributed by atoms with Crippen LogP contribution in [0.2, 0.25) is 0 Å². The number of carbonyl (C=O) groups is 1. The Morgan fingerprint density at radius 1 is 1.07 bits per heavy atom. The third-order valence-corrected chi connectivity index (χ3v) is 7.75. The molecule has 1 heterocycles. The number of carbonyl (C=O) groups excluding carboxylic acids is 1. The number of allylic oxidation sites excluding steroid dienone is 1. The summed E-state index contributed by atoms with van der Waals surface area (Å²) < 4.78 is 27.6. The maximum atomic E-state index is 13.1. The van der Waals surface area contributed by atoms with Crippen LogP contribution < -0.4 is 9.62 Å². The minimum absolute atomic E-state index is 0.103. The molecule has 1 N–H and O–H groups in total. The molecular weight excluding hydrogens is 396 g/mol. The van der Waals surface area contributed by atoms with Gasteiger partial charge in [0.2, 0.25) is 0 Å². The van der Waals surface area contributed by atoms with Gasteiger partial charge in [-0.15, -0.1) is 0 Å². The smallest absolute Gasteiger partial charge is 0.264 e. The number of rotatable bonds is 6. The Morgan fingerprint density at radius 3 is 2.60 bits per heavy atom. The van der Waals surface area contributed by atoms with Gasteiger partial charge in [0.1, 0.15) is 0 Å². The maximum Gasteiger partial charge on any atom is 0.264 e. The van der Waals surface area contributed by atoms with Gasteiger partial charge in [-0.2, -0.15) is 0 Å². The van der Waals surface area contributed by atoms with Gasteiger partial charge in [0, 0.05) is 18.7 Å². The second-order valence-corrected chi connectivity index (χ2v) is 9.96. The van der Waals surface area contributed by atoms with E-state index in [0.717, 1.165) is 30.4 Å². The number of hydrogen-bond donors (Lipinski definition) is 1. The number of amides is 1. The first kappa shape index (κ1) is 20.7. The van der Waals surface area contributed by atoms with Crippen LogP contribution >= 0.6 is 0 Å². The van der Waals surface area contributed by atoms with E-state index in [1.165, 1.54) is 22.7 Å². The van der Waals surface area contributed by atoms with Crippen molar-refractivity contribution in [3.8, 4) is 0 Å². The van der Waals surface area contributed by atoms with E-state index >= 15 is 0 Å². The van der Waals surface area contributed by atoms with E-state index in [9.17, 15) is 13.2 Å². The SMILES string of the molecule is Cc1ccc(S(=O)(=O)N2CCc3cc(C(=O)NCCC4=CCCCC4)ccc32)cc1. The Morgan fingerprint density at radius 2 is 1.87 bits per heavy atom. The van der Waals surface area contributed by atoms with Crippen molar-refractivity contribution in [1.29, 1.82) is 0 Å². The van der Waals surface area contributed by atoms with E-state index in [0.29, 0.717) is 35.7 Å². The highest BCUT2D eigenvalue weighted by molar-refractivity contribution is 7.92. The monoisotopic (exact) mass is 424 g/mol. The zero-order valence-corrected chi connectivity index (χ0v) is 18.2.